The Hall–Kier alpha value is -3.23. The van der Waals surface area contributed by atoms with Crippen molar-refractivity contribution in [1.29, 1.82) is 0 Å². The first-order valence-electron chi connectivity index (χ1n) is 9.17. The molecule has 0 saturated carbocycles. The van der Waals surface area contributed by atoms with Crippen molar-refractivity contribution >= 4 is 17.6 Å². The molecule has 3 aromatic heterocycles. The largest absolute Gasteiger partial charge is 0.447 e. The molecule has 1 fully saturated rings. The van der Waals surface area contributed by atoms with Gasteiger partial charge in [-0.3, -0.25) is 4.98 Å². The summed E-state index contributed by atoms with van der Waals surface area (Å²) in [7, 11) is 0. The average Bonchev–Trinajstić information content (AvgIpc) is 3.11. The molecule has 0 unspecified atom stereocenters. The molecule has 1 aliphatic rings. The van der Waals surface area contributed by atoms with E-state index in [0.717, 1.165) is 5.82 Å². The predicted molar refractivity (Wildman–Crippen MR) is 102 cm³/mol. The highest BCUT2D eigenvalue weighted by atomic mass is 19.1. The monoisotopic (exact) mass is 384 g/mol. The van der Waals surface area contributed by atoms with E-state index in [0.29, 0.717) is 43.0 Å². The number of pyridine rings is 1. The Bertz CT molecular complexity index is 997. The van der Waals surface area contributed by atoms with E-state index in [1.54, 1.807) is 21.8 Å². The van der Waals surface area contributed by atoms with Gasteiger partial charge in [-0.15, -0.1) is 0 Å². The number of piperazine rings is 1. The number of anilines is 1. The van der Waals surface area contributed by atoms with E-state index in [1.807, 2.05) is 19.9 Å². The van der Waals surface area contributed by atoms with Crippen molar-refractivity contribution in [2.45, 2.75) is 20.0 Å². The third-order valence-corrected chi connectivity index (χ3v) is 4.61. The smallest absolute Gasteiger partial charge is 0.410 e. The van der Waals surface area contributed by atoms with Crippen LogP contribution in [0.5, 0.6) is 0 Å². The topological polar surface area (TPSA) is 75.9 Å². The van der Waals surface area contributed by atoms with Crippen LogP contribution in [0.15, 0.2) is 36.9 Å². The number of fused-ring (bicyclic) bond motifs is 1. The second kappa shape index (κ2) is 7.41. The van der Waals surface area contributed by atoms with Gasteiger partial charge in [-0.05, 0) is 26.0 Å². The summed E-state index contributed by atoms with van der Waals surface area (Å²) in [6.45, 7) is 6.06. The van der Waals surface area contributed by atoms with E-state index in [4.69, 9.17) is 9.72 Å². The Kier molecular flexibility index (Phi) is 4.81. The Morgan fingerprint density at radius 2 is 1.93 bits per heavy atom. The van der Waals surface area contributed by atoms with Crippen LogP contribution in [0.25, 0.3) is 16.8 Å². The van der Waals surface area contributed by atoms with Gasteiger partial charge in [0.15, 0.2) is 5.65 Å². The van der Waals surface area contributed by atoms with Gasteiger partial charge in [0, 0.05) is 50.3 Å². The van der Waals surface area contributed by atoms with Gasteiger partial charge in [-0.2, -0.15) is 5.10 Å². The molecule has 8 nitrogen and oxygen atoms in total. The zero-order valence-electron chi connectivity index (χ0n) is 15.7. The van der Waals surface area contributed by atoms with Gasteiger partial charge >= 0.3 is 6.09 Å². The number of amides is 1. The summed E-state index contributed by atoms with van der Waals surface area (Å²) in [6.07, 6.45) is 5.85. The maximum Gasteiger partial charge on any atom is 0.410 e. The molecule has 4 heterocycles. The molecule has 3 aromatic rings. The summed E-state index contributed by atoms with van der Waals surface area (Å²) >= 11 is 0. The summed E-state index contributed by atoms with van der Waals surface area (Å²) < 4.78 is 21.0. The fraction of sp³-hybridized carbons (Fsp3) is 0.368. The van der Waals surface area contributed by atoms with Gasteiger partial charge in [0.25, 0.3) is 0 Å². The molecule has 0 N–H and O–H groups in total. The molecule has 0 aliphatic carbocycles. The van der Waals surface area contributed by atoms with Crippen LogP contribution in [0.4, 0.5) is 15.0 Å². The van der Waals surface area contributed by atoms with Crippen molar-refractivity contribution < 1.29 is 13.9 Å². The summed E-state index contributed by atoms with van der Waals surface area (Å²) in [5.74, 6) is 0.393. The van der Waals surface area contributed by atoms with Crippen LogP contribution in [0.3, 0.4) is 0 Å². The van der Waals surface area contributed by atoms with Gasteiger partial charge in [-0.1, -0.05) is 0 Å². The molecule has 0 radical (unpaired) electrons. The molecule has 1 saturated heterocycles. The zero-order chi connectivity index (χ0) is 19.7. The number of carbonyl (C=O) groups is 1. The molecule has 1 amide bonds. The first-order chi connectivity index (χ1) is 13.5. The van der Waals surface area contributed by atoms with Crippen LogP contribution in [0, 0.1) is 5.82 Å². The highest BCUT2D eigenvalue weighted by Gasteiger charge is 2.24. The third-order valence-electron chi connectivity index (χ3n) is 4.61. The molecular formula is C19H21FN6O2. The van der Waals surface area contributed by atoms with E-state index in [2.05, 4.69) is 15.0 Å². The highest BCUT2D eigenvalue weighted by Crippen LogP contribution is 2.26. The predicted octanol–water partition coefficient (Wildman–Crippen LogP) is 2.60. The van der Waals surface area contributed by atoms with E-state index >= 15 is 0 Å². The van der Waals surface area contributed by atoms with Gasteiger partial charge in [-0.25, -0.2) is 18.7 Å². The SMILES string of the molecule is CC(C)OC(=O)N1CCN(c2ccn3ncc(-c4cnccc4F)c3n2)CC1. The first-order valence-corrected chi connectivity index (χ1v) is 9.17. The number of hydrogen-bond acceptors (Lipinski definition) is 6. The molecule has 1 aliphatic heterocycles. The van der Waals surface area contributed by atoms with Crippen molar-refractivity contribution in [1.82, 2.24) is 24.5 Å². The minimum atomic E-state index is -0.366. The van der Waals surface area contributed by atoms with E-state index < -0.39 is 0 Å². The highest BCUT2D eigenvalue weighted by molar-refractivity contribution is 5.77. The second-order valence-electron chi connectivity index (χ2n) is 6.87. The Morgan fingerprint density at radius 1 is 1.14 bits per heavy atom. The lowest BCUT2D eigenvalue weighted by Crippen LogP contribution is -2.49. The van der Waals surface area contributed by atoms with Crippen molar-refractivity contribution in [3.8, 4) is 11.1 Å². The van der Waals surface area contributed by atoms with Gasteiger partial charge in [0.05, 0.1) is 17.9 Å². The Labute approximate surface area is 161 Å². The van der Waals surface area contributed by atoms with Gasteiger partial charge in [0.2, 0.25) is 0 Å². The van der Waals surface area contributed by atoms with Crippen LogP contribution >= 0.6 is 0 Å². The molecule has 28 heavy (non-hydrogen) atoms. The fourth-order valence-corrected chi connectivity index (χ4v) is 3.20. The zero-order valence-corrected chi connectivity index (χ0v) is 15.7. The quantitative estimate of drug-likeness (QED) is 0.691. The molecule has 0 spiro atoms. The summed E-state index contributed by atoms with van der Waals surface area (Å²) in [5.41, 5.74) is 1.51. The standard InChI is InChI=1S/C19H21FN6O2/c1-13(2)28-19(27)25-9-7-24(8-10-25)17-4-6-26-18(23-17)15(12-22-26)14-11-21-5-3-16(14)20/h3-6,11-13H,7-10H2,1-2H3. The fourth-order valence-electron chi connectivity index (χ4n) is 3.20. The van der Waals surface area contributed by atoms with E-state index in [1.165, 1.54) is 18.5 Å². The summed E-state index contributed by atoms with van der Waals surface area (Å²) in [5, 5.41) is 4.26. The van der Waals surface area contributed by atoms with E-state index in [9.17, 15) is 9.18 Å². The van der Waals surface area contributed by atoms with Crippen LogP contribution in [-0.4, -0.2) is 62.9 Å². The molecule has 0 atom stereocenters. The maximum absolute atomic E-state index is 14.2. The lowest BCUT2D eigenvalue weighted by atomic mass is 10.1. The lowest BCUT2D eigenvalue weighted by molar-refractivity contribution is 0.0751. The van der Waals surface area contributed by atoms with Crippen LogP contribution in [0.2, 0.25) is 0 Å². The number of nitrogens with zero attached hydrogens (tertiary/aromatic N) is 6. The van der Waals surface area contributed by atoms with Crippen molar-refractivity contribution in [3.63, 3.8) is 0 Å². The average molecular weight is 384 g/mol. The minimum Gasteiger partial charge on any atom is -0.447 e. The normalized spacial score (nSPS) is 14.7. The molecule has 4 rings (SSSR count). The maximum atomic E-state index is 14.2. The Balaban J connectivity index is 1.55. The number of ether oxygens (including phenoxy) is 1. The van der Waals surface area contributed by atoms with Crippen LogP contribution in [-0.2, 0) is 4.74 Å². The molecule has 0 aromatic carbocycles. The number of carbonyl (C=O) groups excluding carboxylic acids is 1. The van der Waals surface area contributed by atoms with Crippen LogP contribution < -0.4 is 4.90 Å². The van der Waals surface area contributed by atoms with Gasteiger partial charge < -0.3 is 14.5 Å². The van der Waals surface area contributed by atoms with Gasteiger partial charge in [0.1, 0.15) is 11.6 Å². The first kappa shape index (κ1) is 18.1. The number of rotatable bonds is 3. The molecule has 146 valence electrons. The Morgan fingerprint density at radius 3 is 2.64 bits per heavy atom. The van der Waals surface area contributed by atoms with E-state index in [-0.39, 0.29) is 18.0 Å². The molecule has 0 bridgehead atoms. The third kappa shape index (κ3) is 3.47. The van der Waals surface area contributed by atoms with Crippen molar-refractivity contribution in [2.24, 2.45) is 0 Å². The second-order valence-corrected chi connectivity index (χ2v) is 6.87. The summed E-state index contributed by atoms with van der Waals surface area (Å²) in [6, 6.07) is 3.18. The summed E-state index contributed by atoms with van der Waals surface area (Å²) in [4.78, 5) is 24.5. The number of hydrogen-bond donors (Lipinski definition) is 0. The number of halogens is 1. The van der Waals surface area contributed by atoms with Crippen molar-refractivity contribution in [2.75, 3.05) is 31.1 Å². The minimum absolute atomic E-state index is 0.136. The molecule has 9 heteroatoms. The molecular weight excluding hydrogens is 363 g/mol. The van der Waals surface area contributed by atoms with Crippen LogP contribution in [0.1, 0.15) is 13.8 Å². The lowest BCUT2D eigenvalue weighted by Gasteiger charge is -2.35. The van der Waals surface area contributed by atoms with Crippen molar-refractivity contribution in [3.05, 3.63) is 42.7 Å². The number of aromatic nitrogens is 4.